The van der Waals surface area contributed by atoms with E-state index >= 15 is 0 Å². The van der Waals surface area contributed by atoms with E-state index in [0.717, 1.165) is 30.6 Å². The molecule has 4 aliphatic carbocycles. The van der Waals surface area contributed by atoms with Crippen molar-refractivity contribution >= 4 is 14.3 Å². The third-order valence-corrected chi connectivity index (χ3v) is 16.4. The van der Waals surface area contributed by atoms with E-state index in [-0.39, 0.29) is 5.04 Å². The van der Waals surface area contributed by atoms with Gasteiger partial charge in [0.2, 0.25) is 0 Å². The van der Waals surface area contributed by atoms with Crippen molar-refractivity contribution in [3.05, 3.63) is 11.6 Å². The van der Waals surface area contributed by atoms with E-state index in [0.29, 0.717) is 35.2 Å². The molecule has 0 heterocycles. The quantitative estimate of drug-likeness (QED) is 0.301. The molecule has 34 heavy (non-hydrogen) atoms. The normalized spacial score (nSPS) is 41.2. The molecule has 1 N–H and O–H groups in total. The molecule has 4 rings (SSSR count). The summed E-state index contributed by atoms with van der Waals surface area (Å²) < 4.78 is 6.90. The van der Waals surface area contributed by atoms with Crippen LogP contribution in [0, 0.1) is 40.4 Å². The van der Waals surface area contributed by atoms with Crippen molar-refractivity contribution < 1.29 is 14.3 Å². The molecule has 0 aromatic rings. The fraction of sp³-hybridized carbons (Fsp3) is 0.900. The molecule has 194 valence electrons. The standard InChI is InChI=1S/C30H52O3Si/c1-20(9-14-27(31)32)24-12-13-25-23-11-10-21-19-22(33-34(7,8)28(2,3)4)15-17-29(21,5)26(23)16-18-30(24,25)6/h10,20,22-26H,9,11-19H2,1-8H3,(H,31,32). The molecule has 0 spiro atoms. The van der Waals surface area contributed by atoms with Crippen molar-refractivity contribution in [2.24, 2.45) is 40.4 Å². The van der Waals surface area contributed by atoms with Crippen molar-refractivity contribution in [1.29, 1.82) is 0 Å². The molecule has 3 saturated carbocycles. The van der Waals surface area contributed by atoms with E-state index in [1.807, 2.05) is 0 Å². The zero-order valence-corrected chi connectivity index (χ0v) is 24.4. The predicted octanol–water partition coefficient (Wildman–Crippen LogP) is 8.46. The monoisotopic (exact) mass is 488 g/mol. The molecule has 3 fully saturated rings. The van der Waals surface area contributed by atoms with E-state index in [9.17, 15) is 9.90 Å². The van der Waals surface area contributed by atoms with E-state index in [4.69, 9.17) is 4.43 Å². The summed E-state index contributed by atoms with van der Waals surface area (Å²) in [4.78, 5) is 11.2. The molecule has 3 nitrogen and oxygen atoms in total. The Kier molecular flexibility index (Phi) is 7.04. The molecule has 4 heteroatoms. The van der Waals surface area contributed by atoms with Gasteiger partial charge in [0.15, 0.2) is 8.32 Å². The van der Waals surface area contributed by atoms with Crippen LogP contribution in [0.3, 0.4) is 0 Å². The maximum absolute atomic E-state index is 11.2. The fourth-order valence-corrected chi connectivity index (χ4v) is 10.2. The molecule has 0 amide bonds. The lowest BCUT2D eigenvalue weighted by Crippen LogP contribution is -2.52. The zero-order valence-electron chi connectivity index (χ0n) is 23.4. The van der Waals surface area contributed by atoms with Gasteiger partial charge in [0, 0.05) is 12.5 Å². The van der Waals surface area contributed by atoms with Gasteiger partial charge in [-0.25, -0.2) is 0 Å². The van der Waals surface area contributed by atoms with Crippen LogP contribution >= 0.6 is 0 Å². The lowest BCUT2D eigenvalue weighted by atomic mass is 9.47. The van der Waals surface area contributed by atoms with Gasteiger partial charge in [0.25, 0.3) is 0 Å². The van der Waals surface area contributed by atoms with Gasteiger partial charge in [-0.05, 0) is 116 Å². The Morgan fingerprint density at radius 1 is 1.15 bits per heavy atom. The van der Waals surface area contributed by atoms with Crippen molar-refractivity contribution in [3.63, 3.8) is 0 Å². The zero-order chi connectivity index (χ0) is 25.1. The molecule has 0 aromatic heterocycles. The van der Waals surface area contributed by atoms with E-state index in [1.54, 1.807) is 5.57 Å². The molecule has 8 atom stereocenters. The van der Waals surface area contributed by atoms with Crippen LogP contribution in [0.2, 0.25) is 18.1 Å². The van der Waals surface area contributed by atoms with Crippen LogP contribution in [0.1, 0.15) is 106 Å². The largest absolute Gasteiger partial charge is 0.481 e. The molecule has 0 aromatic carbocycles. The molecular formula is C30H52O3Si. The number of carboxylic acids is 1. The smallest absolute Gasteiger partial charge is 0.303 e. The molecule has 4 aliphatic rings. The summed E-state index contributed by atoms with van der Waals surface area (Å²) in [6.45, 7) is 19.4. The van der Waals surface area contributed by atoms with Gasteiger partial charge in [-0.3, -0.25) is 4.79 Å². The fourth-order valence-electron chi connectivity index (χ4n) is 8.85. The molecular weight excluding hydrogens is 436 g/mol. The van der Waals surface area contributed by atoms with Crippen LogP contribution in [0.5, 0.6) is 0 Å². The second kappa shape index (κ2) is 9.05. The first-order valence-corrected chi connectivity index (χ1v) is 17.2. The summed E-state index contributed by atoms with van der Waals surface area (Å²) in [5.74, 6) is 3.05. The first-order valence-electron chi connectivity index (χ1n) is 14.3. The maximum Gasteiger partial charge on any atom is 0.303 e. The van der Waals surface area contributed by atoms with Gasteiger partial charge in [-0.2, -0.15) is 0 Å². The van der Waals surface area contributed by atoms with Crippen molar-refractivity contribution in [2.45, 2.75) is 130 Å². The Morgan fingerprint density at radius 2 is 1.85 bits per heavy atom. The Balaban J connectivity index is 1.48. The van der Waals surface area contributed by atoms with Crippen LogP contribution < -0.4 is 0 Å². The topological polar surface area (TPSA) is 46.5 Å². The minimum atomic E-state index is -1.73. The third-order valence-electron chi connectivity index (χ3n) is 11.9. The number of rotatable bonds is 6. The number of fused-ring (bicyclic) bond motifs is 5. The number of carboxylic acid groups (broad SMARTS) is 1. The SMILES string of the molecule is CC(CCC(=O)O)C1CCC2C3CC=C4CC(O[Si](C)(C)C(C)(C)C)CCC4(C)C3CCC12C. The number of hydrogen-bond donors (Lipinski definition) is 1. The van der Waals surface area contributed by atoms with Gasteiger partial charge in [-0.15, -0.1) is 0 Å². The highest BCUT2D eigenvalue weighted by Gasteiger charge is 2.59. The number of allylic oxidation sites excluding steroid dienone is 1. The highest BCUT2D eigenvalue weighted by molar-refractivity contribution is 6.74. The Hall–Kier alpha value is -0.613. The van der Waals surface area contributed by atoms with Crippen LogP contribution in [-0.4, -0.2) is 25.5 Å². The Labute approximate surface area is 210 Å². The summed E-state index contributed by atoms with van der Waals surface area (Å²) >= 11 is 0. The summed E-state index contributed by atoms with van der Waals surface area (Å²) in [6, 6.07) is 0. The first-order chi connectivity index (χ1) is 15.7. The minimum Gasteiger partial charge on any atom is -0.481 e. The van der Waals surface area contributed by atoms with E-state index < -0.39 is 14.3 Å². The molecule has 0 bridgehead atoms. The number of aliphatic carboxylic acids is 1. The second-order valence-electron chi connectivity index (χ2n) is 14.6. The minimum absolute atomic E-state index is 0.272. The lowest BCUT2D eigenvalue weighted by molar-refractivity contribution is -0.137. The summed E-state index contributed by atoms with van der Waals surface area (Å²) in [5.41, 5.74) is 2.49. The molecule has 0 saturated heterocycles. The van der Waals surface area contributed by atoms with Crippen molar-refractivity contribution in [2.75, 3.05) is 0 Å². The summed E-state index contributed by atoms with van der Waals surface area (Å²) in [7, 11) is -1.73. The van der Waals surface area contributed by atoms with Crippen LogP contribution in [-0.2, 0) is 9.22 Å². The molecule has 8 unspecified atom stereocenters. The van der Waals surface area contributed by atoms with Gasteiger partial charge in [0.05, 0.1) is 0 Å². The van der Waals surface area contributed by atoms with Crippen molar-refractivity contribution in [3.8, 4) is 0 Å². The Bertz CT molecular complexity index is 810. The van der Waals surface area contributed by atoms with Crippen LogP contribution in [0.15, 0.2) is 11.6 Å². The lowest BCUT2D eigenvalue weighted by Gasteiger charge is -2.59. The summed E-state index contributed by atoms with van der Waals surface area (Å²) in [6.07, 6.45) is 14.5. The van der Waals surface area contributed by atoms with Gasteiger partial charge in [0.1, 0.15) is 0 Å². The summed E-state index contributed by atoms with van der Waals surface area (Å²) in [5, 5.41) is 9.47. The first kappa shape index (κ1) is 26.4. The van der Waals surface area contributed by atoms with E-state index in [1.165, 1.54) is 44.9 Å². The maximum atomic E-state index is 11.2. The number of hydrogen-bond acceptors (Lipinski definition) is 2. The van der Waals surface area contributed by atoms with Crippen molar-refractivity contribution in [1.82, 2.24) is 0 Å². The second-order valence-corrected chi connectivity index (χ2v) is 19.4. The Morgan fingerprint density at radius 3 is 2.50 bits per heavy atom. The number of carbonyl (C=O) groups is 1. The predicted molar refractivity (Wildman–Crippen MR) is 143 cm³/mol. The molecule has 0 radical (unpaired) electrons. The van der Waals surface area contributed by atoms with Gasteiger partial charge in [-0.1, -0.05) is 53.2 Å². The van der Waals surface area contributed by atoms with Gasteiger partial charge < -0.3 is 9.53 Å². The van der Waals surface area contributed by atoms with Gasteiger partial charge >= 0.3 is 5.97 Å². The van der Waals surface area contributed by atoms with Crippen LogP contribution in [0.4, 0.5) is 0 Å². The molecule has 0 aliphatic heterocycles. The highest BCUT2D eigenvalue weighted by atomic mass is 28.4. The highest BCUT2D eigenvalue weighted by Crippen LogP contribution is 2.67. The third kappa shape index (κ3) is 4.48. The van der Waals surface area contributed by atoms with Crippen LogP contribution in [0.25, 0.3) is 0 Å². The van der Waals surface area contributed by atoms with E-state index in [2.05, 4.69) is 60.7 Å². The average Bonchev–Trinajstić information content (AvgIpc) is 3.08. The average molecular weight is 489 g/mol.